The summed E-state index contributed by atoms with van der Waals surface area (Å²) in [7, 11) is 0. The van der Waals surface area contributed by atoms with Gasteiger partial charge in [0.15, 0.2) is 0 Å². The van der Waals surface area contributed by atoms with Crippen LogP contribution in [0.15, 0.2) is 47.2 Å². The third kappa shape index (κ3) is 3.99. The van der Waals surface area contributed by atoms with Crippen LogP contribution in [-0.4, -0.2) is 0 Å². The topological polar surface area (TPSA) is 0 Å². The van der Waals surface area contributed by atoms with Gasteiger partial charge < -0.3 is 0 Å². The zero-order valence-electron chi connectivity index (χ0n) is 14.7. The fraction of sp³-hybridized carbons (Fsp3) is 0.364. The second kappa shape index (κ2) is 8.64. The van der Waals surface area contributed by atoms with E-state index in [9.17, 15) is 0 Å². The highest BCUT2D eigenvalue weighted by atomic mass is 32.1. The van der Waals surface area contributed by atoms with Gasteiger partial charge in [-0.1, -0.05) is 51.0 Å². The summed E-state index contributed by atoms with van der Waals surface area (Å²) in [4.78, 5) is 2.90. The molecule has 3 aromatic rings. The maximum Gasteiger partial charge on any atom is 0.0374 e. The van der Waals surface area contributed by atoms with E-state index in [0.717, 1.165) is 0 Å². The number of benzene rings is 1. The molecule has 0 amide bonds. The van der Waals surface area contributed by atoms with E-state index in [-0.39, 0.29) is 0 Å². The highest BCUT2D eigenvalue weighted by Crippen LogP contribution is 2.35. The summed E-state index contributed by atoms with van der Waals surface area (Å²) in [5.41, 5.74) is 5.75. The molecular formula is C22H26S2. The van der Waals surface area contributed by atoms with Crippen LogP contribution in [0.25, 0.3) is 20.9 Å². The van der Waals surface area contributed by atoms with Crippen LogP contribution < -0.4 is 0 Å². The first-order chi connectivity index (χ1) is 11.8. The maximum absolute atomic E-state index is 2.31. The van der Waals surface area contributed by atoms with Crippen LogP contribution in [0.1, 0.15) is 50.7 Å². The second-order valence-electron chi connectivity index (χ2n) is 6.33. The predicted molar refractivity (Wildman–Crippen MR) is 110 cm³/mol. The largest absolute Gasteiger partial charge is 0.144 e. The van der Waals surface area contributed by atoms with E-state index < -0.39 is 0 Å². The summed E-state index contributed by atoms with van der Waals surface area (Å²) < 4.78 is 0. The molecule has 0 N–H and O–H groups in total. The smallest absolute Gasteiger partial charge is 0.0374 e. The van der Waals surface area contributed by atoms with Crippen molar-refractivity contribution in [1.29, 1.82) is 0 Å². The summed E-state index contributed by atoms with van der Waals surface area (Å²) in [6, 6.07) is 13.8. The zero-order chi connectivity index (χ0) is 16.8. The van der Waals surface area contributed by atoms with Crippen molar-refractivity contribution in [2.75, 3.05) is 0 Å². The molecule has 0 spiro atoms. The molecule has 0 aliphatic heterocycles. The van der Waals surface area contributed by atoms with Crippen molar-refractivity contribution in [2.24, 2.45) is 0 Å². The number of rotatable bonds is 8. The van der Waals surface area contributed by atoms with Gasteiger partial charge in [0.25, 0.3) is 0 Å². The molecule has 126 valence electrons. The van der Waals surface area contributed by atoms with E-state index in [1.165, 1.54) is 70.5 Å². The molecule has 0 atom stereocenters. The van der Waals surface area contributed by atoms with Crippen molar-refractivity contribution >= 4 is 22.7 Å². The normalized spacial score (nSPS) is 11.1. The minimum absolute atomic E-state index is 1.20. The van der Waals surface area contributed by atoms with Crippen molar-refractivity contribution in [3.8, 4) is 20.9 Å². The van der Waals surface area contributed by atoms with Gasteiger partial charge in [-0.3, -0.25) is 0 Å². The van der Waals surface area contributed by atoms with Crippen molar-refractivity contribution in [1.82, 2.24) is 0 Å². The molecule has 2 heteroatoms. The monoisotopic (exact) mass is 354 g/mol. The molecule has 2 heterocycles. The molecule has 24 heavy (non-hydrogen) atoms. The van der Waals surface area contributed by atoms with Gasteiger partial charge in [0.05, 0.1) is 0 Å². The molecular weight excluding hydrogens is 328 g/mol. The van der Waals surface area contributed by atoms with Crippen LogP contribution in [0.2, 0.25) is 0 Å². The van der Waals surface area contributed by atoms with Crippen molar-refractivity contribution in [3.63, 3.8) is 0 Å². The van der Waals surface area contributed by atoms with Crippen LogP contribution in [0.5, 0.6) is 0 Å². The van der Waals surface area contributed by atoms with Gasteiger partial charge in [-0.15, -0.1) is 22.7 Å². The Labute approximate surface area is 154 Å². The van der Waals surface area contributed by atoms with E-state index in [4.69, 9.17) is 0 Å². The summed E-state index contributed by atoms with van der Waals surface area (Å²) >= 11 is 3.75. The lowest BCUT2D eigenvalue weighted by molar-refractivity contribution is 0.798. The highest BCUT2D eigenvalue weighted by Gasteiger charge is 2.09. The van der Waals surface area contributed by atoms with Gasteiger partial charge in [0, 0.05) is 9.75 Å². The van der Waals surface area contributed by atoms with Crippen LogP contribution in [0, 0.1) is 0 Å². The molecule has 0 saturated heterocycles. The summed E-state index contributed by atoms with van der Waals surface area (Å²) in [5.74, 6) is 0. The Bertz CT molecular complexity index is 681. The molecule has 0 unspecified atom stereocenters. The standard InChI is InChI=1S/C22H26S2/c1-3-5-7-17-13-15-23-21(17)19-9-11-20(12-10-19)22-18(8-6-4-2)14-16-24-22/h9-16H,3-8H2,1-2H3. The lowest BCUT2D eigenvalue weighted by Crippen LogP contribution is -1.87. The molecule has 0 bridgehead atoms. The summed E-state index contributed by atoms with van der Waals surface area (Å²) in [6.07, 6.45) is 7.46. The van der Waals surface area contributed by atoms with Crippen LogP contribution in [-0.2, 0) is 12.8 Å². The molecule has 2 aromatic heterocycles. The van der Waals surface area contributed by atoms with E-state index in [1.807, 2.05) is 22.7 Å². The number of unbranched alkanes of at least 4 members (excludes halogenated alkanes) is 2. The highest BCUT2D eigenvalue weighted by molar-refractivity contribution is 7.14. The van der Waals surface area contributed by atoms with Crippen LogP contribution in [0.3, 0.4) is 0 Å². The van der Waals surface area contributed by atoms with Gasteiger partial charge in [-0.2, -0.15) is 0 Å². The fourth-order valence-electron chi connectivity index (χ4n) is 3.08. The molecule has 0 aliphatic rings. The Morgan fingerprint density at radius 2 is 1.04 bits per heavy atom. The van der Waals surface area contributed by atoms with Crippen molar-refractivity contribution in [3.05, 3.63) is 58.3 Å². The lowest BCUT2D eigenvalue weighted by atomic mass is 10.0. The minimum Gasteiger partial charge on any atom is -0.144 e. The zero-order valence-corrected chi connectivity index (χ0v) is 16.3. The van der Waals surface area contributed by atoms with Crippen molar-refractivity contribution in [2.45, 2.75) is 52.4 Å². The molecule has 3 rings (SSSR count). The Morgan fingerprint density at radius 1 is 0.625 bits per heavy atom. The first-order valence-electron chi connectivity index (χ1n) is 9.07. The number of aryl methyl sites for hydroxylation is 2. The summed E-state index contributed by atoms with van der Waals surface area (Å²) in [6.45, 7) is 4.52. The minimum atomic E-state index is 1.20. The number of hydrogen-bond donors (Lipinski definition) is 0. The van der Waals surface area contributed by atoms with E-state index >= 15 is 0 Å². The third-order valence-corrected chi connectivity index (χ3v) is 6.51. The van der Waals surface area contributed by atoms with Gasteiger partial charge >= 0.3 is 0 Å². The van der Waals surface area contributed by atoms with Gasteiger partial charge in [-0.05, 0) is 70.8 Å². The second-order valence-corrected chi connectivity index (χ2v) is 8.17. The van der Waals surface area contributed by atoms with Crippen molar-refractivity contribution < 1.29 is 0 Å². The lowest BCUT2D eigenvalue weighted by Gasteiger charge is -2.07. The van der Waals surface area contributed by atoms with Gasteiger partial charge in [-0.25, -0.2) is 0 Å². The fourth-order valence-corrected chi connectivity index (χ4v) is 5.00. The Hall–Kier alpha value is -1.38. The third-order valence-electron chi connectivity index (χ3n) is 4.50. The average molecular weight is 355 g/mol. The quantitative estimate of drug-likeness (QED) is 0.386. The molecule has 0 radical (unpaired) electrons. The molecule has 0 aliphatic carbocycles. The van der Waals surface area contributed by atoms with Crippen LogP contribution in [0.4, 0.5) is 0 Å². The van der Waals surface area contributed by atoms with E-state index in [0.29, 0.717) is 0 Å². The Morgan fingerprint density at radius 3 is 1.42 bits per heavy atom. The SMILES string of the molecule is CCCCc1ccsc1-c1ccc(-c2sccc2CCCC)cc1. The van der Waals surface area contributed by atoms with Gasteiger partial charge in [0.1, 0.15) is 0 Å². The van der Waals surface area contributed by atoms with E-state index in [1.54, 1.807) is 0 Å². The maximum atomic E-state index is 2.31. The number of thiophene rings is 2. The Kier molecular flexibility index (Phi) is 6.28. The first kappa shape index (κ1) is 17.4. The van der Waals surface area contributed by atoms with E-state index in [2.05, 4.69) is 61.0 Å². The molecule has 1 aromatic carbocycles. The average Bonchev–Trinajstić information content (AvgIpc) is 3.27. The molecule has 0 nitrogen and oxygen atoms in total. The van der Waals surface area contributed by atoms with Crippen LogP contribution >= 0.6 is 22.7 Å². The number of hydrogen-bond acceptors (Lipinski definition) is 2. The Balaban J connectivity index is 1.81. The predicted octanol–water partition coefficient (Wildman–Crippen LogP) is 7.83. The van der Waals surface area contributed by atoms with Gasteiger partial charge in [0.2, 0.25) is 0 Å². The summed E-state index contributed by atoms with van der Waals surface area (Å²) in [5, 5.41) is 4.47. The first-order valence-corrected chi connectivity index (χ1v) is 10.8. The molecule has 0 fully saturated rings. The molecule has 0 saturated carbocycles.